The number of carboxylic acid groups (broad SMARTS) is 1. The quantitative estimate of drug-likeness (QED) is 0.931. The molecule has 94 valence electrons. The number of hydrogen-bond donors (Lipinski definition) is 1. The standard InChI is InChI=1S/C15H10O3S/c16-13(17)8-11-14(12-6-3-7-19-12)9-4-1-2-5-10(9)15(11)18/h1-7H,8H2,(H,16,17). The lowest BCUT2D eigenvalue weighted by atomic mass is 10.0. The van der Waals surface area contributed by atoms with Crippen molar-refractivity contribution in [3.05, 3.63) is 63.4 Å². The van der Waals surface area contributed by atoms with E-state index in [1.54, 1.807) is 12.1 Å². The van der Waals surface area contributed by atoms with Crippen molar-refractivity contribution in [3.63, 3.8) is 0 Å². The van der Waals surface area contributed by atoms with Crippen LogP contribution in [0.3, 0.4) is 0 Å². The van der Waals surface area contributed by atoms with Gasteiger partial charge >= 0.3 is 5.97 Å². The fourth-order valence-electron chi connectivity index (χ4n) is 2.36. The van der Waals surface area contributed by atoms with Crippen molar-refractivity contribution in [1.29, 1.82) is 0 Å². The van der Waals surface area contributed by atoms with Crippen molar-refractivity contribution in [2.45, 2.75) is 6.42 Å². The lowest BCUT2D eigenvalue weighted by molar-refractivity contribution is -0.136. The molecule has 3 nitrogen and oxygen atoms in total. The van der Waals surface area contributed by atoms with E-state index in [0.717, 1.165) is 16.0 Å². The van der Waals surface area contributed by atoms with Crippen LogP contribution in [0.25, 0.3) is 5.57 Å². The molecule has 3 rings (SSSR count). The fraction of sp³-hybridized carbons (Fsp3) is 0.0667. The summed E-state index contributed by atoms with van der Waals surface area (Å²) in [7, 11) is 0. The summed E-state index contributed by atoms with van der Waals surface area (Å²) in [4.78, 5) is 24.2. The van der Waals surface area contributed by atoms with Crippen molar-refractivity contribution >= 4 is 28.7 Å². The molecule has 19 heavy (non-hydrogen) atoms. The van der Waals surface area contributed by atoms with Crippen LogP contribution >= 0.6 is 11.3 Å². The van der Waals surface area contributed by atoms with Gasteiger partial charge < -0.3 is 5.11 Å². The van der Waals surface area contributed by atoms with Crippen LogP contribution < -0.4 is 0 Å². The Morgan fingerprint density at radius 2 is 1.84 bits per heavy atom. The van der Waals surface area contributed by atoms with Crippen LogP contribution in [0.15, 0.2) is 47.4 Å². The summed E-state index contributed by atoms with van der Waals surface area (Å²) in [6.45, 7) is 0. The number of fused-ring (bicyclic) bond motifs is 1. The second-order valence-corrected chi connectivity index (χ2v) is 5.22. The summed E-state index contributed by atoms with van der Waals surface area (Å²) < 4.78 is 0. The van der Waals surface area contributed by atoms with Crippen LogP contribution in [-0.2, 0) is 4.79 Å². The number of carbonyl (C=O) groups is 2. The molecule has 0 amide bonds. The van der Waals surface area contributed by atoms with Crippen molar-refractivity contribution in [2.24, 2.45) is 0 Å². The molecule has 1 aromatic heterocycles. The van der Waals surface area contributed by atoms with Gasteiger partial charge in [0.1, 0.15) is 0 Å². The number of thiophene rings is 1. The highest BCUT2D eigenvalue weighted by Crippen LogP contribution is 2.40. The number of carboxylic acids is 1. The number of benzene rings is 1. The van der Waals surface area contributed by atoms with Crippen molar-refractivity contribution in [3.8, 4) is 0 Å². The van der Waals surface area contributed by atoms with Gasteiger partial charge in [0.05, 0.1) is 6.42 Å². The molecule has 0 unspecified atom stereocenters. The van der Waals surface area contributed by atoms with Crippen LogP contribution in [0.1, 0.15) is 27.2 Å². The third kappa shape index (κ3) is 1.90. The minimum Gasteiger partial charge on any atom is -0.481 e. The van der Waals surface area contributed by atoms with E-state index in [9.17, 15) is 9.59 Å². The monoisotopic (exact) mass is 270 g/mol. The molecule has 0 fully saturated rings. The Morgan fingerprint density at radius 3 is 2.47 bits per heavy atom. The van der Waals surface area contributed by atoms with E-state index in [-0.39, 0.29) is 12.2 Å². The molecule has 0 spiro atoms. The Morgan fingerprint density at radius 1 is 1.11 bits per heavy atom. The molecular formula is C15H10O3S. The first-order chi connectivity index (χ1) is 9.18. The highest BCUT2D eigenvalue weighted by molar-refractivity contribution is 7.11. The van der Waals surface area contributed by atoms with E-state index in [2.05, 4.69) is 0 Å². The molecule has 0 radical (unpaired) electrons. The summed E-state index contributed by atoms with van der Waals surface area (Å²) in [5, 5.41) is 10.9. The SMILES string of the molecule is O=C(O)CC1=C(c2cccs2)c2ccccc2C1=O. The zero-order valence-corrected chi connectivity index (χ0v) is 10.7. The first-order valence-electron chi connectivity index (χ1n) is 5.81. The van der Waals surface area contributed by atoms with Gasteiger partial charge in [0, 0.05) is 21.6 Å². The van der Waals surface area contributed by atoms with Crippen molar-refractivity contribution in [1.82, 2.24) is 0 Å². The van der Waals surface area contributed by atoms with Crippen LogP contribution in [0, 0.1) is 0 Å². The first-order valence-corrected chi connectivity index (χ1v) is 6.69. The molecule has 4 heteroatoms. The van der Waals surface area contributed by atoms with Gasteiger partial charge in [-0.15, -0.1) is 11.3 Å². The highest BCUT2D eigenvalue weighted by atomic mass is 32.1. The van der Waals surface area contributed by atoms with Crippen molar-refractivity contribution < 1.29 is 14.7 Å². The van der Waals surface area contributed by atoms with Gasteiger partial charge in [-0.3, -0.25) is 9.59 Å². The molecule has 2 aromatic rings. The van der Waals surface area contributed by atoms with Gasteiger partial charge in [0.2, 0.25) is 0 Å². The number of rotatable bonds is 3. The predicted molar refractivity (Wildman–Crippen MR) is 73.4 cm³/mol. The number of hydrogen-bond acceptors (Lipinski definition) is 3. The zero-order chi connectivity index (χ0) is 13.4. The molecule has 1 aliphatic carbocycles. The summed E-state index contributed by atoms with van der Waals surface area (Å²) in [5.41, 5.74) is 2.60. The van der Waals surface area contributed by atoms with E-state index in [4.69, 9.17) is 5.11 Å². The lowest BCUT2D eigenvalue weighted by Crippen LogP contribution is -2.05. The Balaban J connectivity index is 2.24. The van der Waals surface area contributed by atoms with E-state index in [0.29, 0.717) is 11.1 Å². The Bertz CT molecular complexity index is 696. The summed E-state index contributed by atoms with van der Waals surface area (Å²) in [6.07, 6.45) is -0.235. The number of Topliss-reactive ketones (excluding diaryl/α,β-unsaturated/α-hetero) is 1. The van der Waals surface area contributed by atoms with E-state index >= 15 is 0 Å². The third-order valence-electron chi connectivity index (χ3n) is 3.11. The molecule has 0 aliphatic heterocycles. The van der Waals surface area contributed by atoms with Crippen LogP contribution in [0.2, 0.25) is 0 Å². The molecule has 0 bridgehead atoms. The van der Waals surface area contributed by atoms with Crippen molar-refractivity contribution in [2.75, 3.05) is 0 Å². The average molecular weight is 270 g/mol. The Labute approximate surface area is 113 Å². The molecule has 1 aromatic carbocycles. The van der Waals surface area contributed by atoms with Gasteiger partial charge in [0.25, 0.3) is 0 Å². The summed E-state index contributed by atoms with van der Waals surface area (Å²) in [6, 6.07) is 11.1. The lowest BCUT2D eigenvalue weighted by Gasteiger charge is -2.03. The summed E-state index contributed by atoms with van der Waals surface area (Å²) >= 11 is 1.51. The number of carbonyl (C=O) groups excluding carboxylic acids is 1. The second-order valence-electron chi connectivity index (χ2n) is 4.28. The maximum atomic E-state index is 12.3. The largest absolute Gasteiger partial charge is 0.481 e. The molecule has 0 atom stereocenters. The van der Waals surface area contributed by atoms with E-state index < -0.39 is 5.97 Å². The highest BCUT2D eigenvalue weighted by Gasteiger charge is 2.31. The molecule has 0 saturated heterocycles. The molecule has 1 aliphatic rings. The molecule has 1 N–H and O–H groups in total. The van der Waals surface area contributed by atoms with Gasteiger partial charge in [-0.1, -0.05) is 30.3 Å². The Kier molecular flexibility index (Phi) is 2.80. The van der Waals surface area contributed by atoms with Gasteiger partial charge in [-0.2, -0.15) is 0 Å². The average Bonchev–Trinajstić information content (AvgIpc) is 2.98. The molecule has 1 heterocycles. The van der Waals surface area contributed by atoms with Gasteiger partial charge in [-0.25, -0.2) is 0 Å². The van der Waals surface area contributed by atoms with E-state index in [1.165, 1.54) is 11.3 Å². The van der Waals surface area contributed by atoms with Crippen LogP contribution in [0.5, 0.6) is 0 Å². The summed E-state index contributed by atoms with van der Waals surface area (Å²) in [5.74, 6) is -1.15. The third-order valence-corrected chi connectivity index (χ3v) is 4.00. The normalized spacial score (nSPS) is 13.8. The van der Waals surface area contributed by atoms with E-state index in [1.807, 2.05) is 29.6 Å². The second kappa shape index (κ2) is 4.48. The zero-order valence-electron chi connectivity index (χ0n) is 9.92. The van der Waals surface area contributed by atoms with Crippen LogP contribution in [-0.4, -0.2) is 16.9 Å². The maximum absolute atomic E-state index is 12.3. The predicted octanol–water partition coefficient (Wildman–Crippen LogP) is 3.22. The minimum atomic E-state index is -0.981. The number of ketones is 1. The Hall–Kier alpha value is -2.20. The molecule has 0 saturated carbocycles. The molecular weight excluding hydrogens is 260 g/mol. The van der Waals surface area contributed by atoms with Gasteiger partial charge in [0.15, 0.2) is 5.78 Å². The minimum absolute atomic E-state index is 0.165. The topological polar surface area (TPSA) is 54.4 Å². The fourth-order valence-corrected chi connectivity index (χ4v) is 3.17. The smallest absolute Gasteiger partial charge is 0.307 e. The van der Waals surface area contributed by atoms with Crippen LogP contribution in [0.4, 0.5) is 0 Å². The maximum Gasteiger partial charge on any atom is 0.307 e. The number of aliphatic carboxylic acids is 1. The first kappa shape index (κ1) is 11.9. The van der Waals surface area contributed by atoms with Gasteiger partial charge in [-0.05, 0) is 17.0 Å².